The summed E-state index contributed by atoms with van der Waals surface area (Å²) in [6.45, 7) is 9.86. The Hall–Kier alpha value is -1.16. The van der Waals surface area contributed by atoms with Crippen LogP contribution in [0.1, 0.15) is 70.2 Å². The largest absolute Gasteiger partial charge is 0.476 e. The van der Waals surface area contributed by atoms with Crippen LogP contribution in [0.4, 0.5) is 0 Å². The lowest BCUT2D eigenvalue weighted by Crippen LogP contribution is -2.16. The van der Waals surface area contributed by atoms with E-state index in [4.69, 9.17) is 10.5 Å². The fourth-order valence-electron chi connectivity index (χ4n) is 2.65. The van der Waals surface area contributed by atoms with Gasteiger partial charge in [0.05, 0.1) is 12.3 Å². The first-order valence-corrected chi connectivity index (χ1v) is 8.41. The van der Waals surface area contributed by atoms with Crippen molar-refractivity contribution in [3.8, 4) is 5.88 Å². The molecule has 1 unspecified atom stereocenters. The van der Waals surface area contributed by atoms with Crippen LogP contribution < -0.4 is 10.5 Å². The highest BCUT2D eigenvalue weighted by molar-refractivity contribution is 5.36. The highest BCUT2D eigenvalue weighted by Crippen LogP contribution is 2.23. The van der Waals surface area contributed by atoms with Crippen LogP contribution in [-0.4, -0.2) is 16.8 Å². The minimum atomic E-state index is 0.465. The molecular weight excluding hydrogens is 262 g/mol. The topological polar surface area (TPSA) is 61.0 Å². The Labute approximate surface area is 129 Å². The first kappa shape index (κ1) is 17.9. The molecule has 0 saturated heterocycles. The molecule has 0 radical (unpaired) electrons. The molecule has 0 aliphatic heterocycles. The Morgan fingerprint density at radius 2 is 1.81 bits per heavy atom. The number of nitrogens with zero attached hydrogens (tertiary/aromatic N) is 2. The van der Waals surface area contributed by atoms with Gasteiger partial charge in [0.1, 0.15) is 0 Å². The Balaban J connectivity index is 2.82. The zero-order chi connectivity index (χ0) is 15.7. The molecule has 2 N–H and O–H groups in total. The summed E-state index contributed by atoms with van der Waals surface area (Å²) in [5.41, 5.74) is 9.22. The lowest BCUT2D eigenvalue weighted by atomic mass is 10.0. The van der Waals surface area contributed by atoms with Gasteiger partial charge in [0.15, 0.2) is 0 Å². The standard InChI is InChI=1S/C17H31N3O/c1-5-9-10-13(6-2)12-21-17-15(11-18)14(7-3)16(8-4)19-20-17/h13H,5-12,18H2,1-4H3. The van der Waals surface area contributed by atoms with Gasteiger partial charge in [-0.1, -0.05) is 47.0 Å². The highest BCUT2D eigenvalue weighted by Gasteiger charge is 2.15. The summed E-state index contributed by atoms with van der Waals surface area (Å²) in [5, 5.41) is 8.58. The summed E-state index contributed by atoms with van der Waals surface area (Å²) in [5.74, 6) is 1.23. The third-order valence-corrected chi connectivity index (χ3v) is 4.12. The molecule has 0 amide bonds. The molecule has 0 aliphatic rings. The zero-order valence-electron chi connectivity index (χ0n) is 14.1. The van der Waals surface area contributed by atoms with Crippen LogP contribution in [0.3, 0.4) is 0 Å². The van der Waals surface area contributed by atoms with E-state index in [1.54, 1.807) is 0 Å². The van der Waals surface area contributed by atoms with Crippen molar-refractivity contribution in [2.75, 3.05) is 6.61 Å². The van der Waals surface area contributed by atoms with Crippen molar-refractivity contribution in [3.05, 3.63) is 16.8 Å². The van der Waals surface area contributed by atoms with E-state index in [-0.39, 0.29) is 0 Å². The van der Waals surface area contributed by atoms with Crippen LogP contribution in [-0.2, 0) is 19.4 Å². The number of ether oxygens (including phenoxy) is 1. The van der Waals surface area contributed by atoms with E-state index in [1.807, 2.05) is 0 Å². The number of hydrogen-bond donors (Lipinski definition) is 1. The summed E-state index contributed by atoms with van der Waals surface area (Å²) in [4.78, 5) is 0. The molecule has 1 aromatic heterocycles. The number of aromatic nitrogens is 2. The Bertz CT molecular complexity index is 421. The van der Waals surface area contributed by atoms with Crippen molar-refractivity contribution in [1.82, 2.24) is 10.2 Å². The maximum atomic E-state index is 5.97. The van der Waals surface area contributed by atoms with E-state index in [2.05, 4.69) is 37.9 Å². The predicted molar refractivity (Wildman–Crippen MR) is 87.5 cm³/mol. The molecule has 0 aliphatic carbocycles. The molecule has 0 fully saturated rings. The van der Waals surface area contributed by atoms with Crippen molar-refractivity contribution in [2.45, 2.75) is 72.8 Å². The average molecular weight is 293 g/mol. The van der Waals surface area contributed by atoms with Crippen molar-refractivity contribution in [1.29, 1.82) is 0 Å². The molecule has 4 nitrogen and oxygen atoms in total. The second kappa shape index (κ2) is 9.72. The second-order valence-electron chi connectivity index (χ2n) is 5.55. The van der Waals surface area contributed by atoms with Gasteiger partial charge in [0.2, 0.25) is 5.88 Å². The minimum absolute atomic E-state index is 0.465. The van der Waals surface area contributed by atoms with Crippen molar-refractivity contribution in [3.63, 3.8) is 0 Å². The molecule has 0 saturated carbocycles. The number of aryl methyl sites for hydroxylation is 1. The quantitative estimate of drug-likeness (QED) is 0.715. The maximum Gasteiger partial charge on any atom is 0.238 e. The fraction of sp³-hybridized carbons (Fsp3) is 0.765. The highest BCUT2D eigenvalue weighted by atomic mass is 16.5. The lowest BCUT2D eigenvalue weighted by Gasteiger charge is -2.18. The van der Waals surface area contributed by atoms with Crippen LogP contribution >= 0.6 is 0 Å². The number of rotatable bonds is 10. The van der Waals surface area contributed by atoms with Gasteiger partial charge in [0, 0.05) is 12.1 Å². The third-order valence-electron chi connectivity index (χ3n) is 4.12. The number of hydrogen-bond acceptors (Lipinski definition) is 4. The fourth-order valence-corrected chi connectivity index (χ4v) is 2.65. The third kappa shape index (κ3) is 4.95. The van der Waals surface area contributed by atoms with Crippen LogP contribution in [0.5, 0.6) is 5.88 Å². The Morgan fingerprint density at radius 3 is 2.33 bits per heavy atom. The van der Waals surface area contributed by atoms with Crippen molar-refractivity contribution >= 4 is 0 Å². The lowest BCUT2D eigenvalue weighted by molar-refractivity contribution is 0.221. The van der Waals surface area contributed by atoms with Crippen LogP contribution in [0.15, 0.2) is 0 Å². The second-order valence-corrected chi connectivity index (χ2v) is 5.55. The number of unbranched alkanes of at least 4 members (excludes halogenated alkanes) is 1. The smallest absolute Gasteiger partial charge is 0.238 e. The first-order valence-electron chi connectivity index (χ1n) is 8.41. The summed E-state index contributed by atoms with van der Waals surface area (Å²) in [6.07, 6.45) is 6.65. The molecule has 4 heteroatoms. The maximum absolute atomic E-state index is 5.97. The number of nitrogens with two attached hydrogens (primary N) is 1. The first-order chi connectivity index (χ1) is 10.2. The van der Waals surface area contributed by atoms with Crippen LogP contribution in [0, 0.1) is 5.92 Å². The molecule has 1 heterocycles. The van der Waals surface area contributed by atoms with Gasteiger partial charge < -0.3 is 10.5 Å². The molecule has 1 rings (SSSR count). The Morgan fingerprint density at radius 1 is 1.05 bits per heavy atom. The van der Waals surface area contributed by atoms with Crippen molar-refractivity contribution in [2.24, 2.45) is 11.7 Å². The SMILES string of the molecule is CCCCC(CC)COc1nnc(CC)c(CC)c1CN. The molecule has 21 heavy (non-hydrogen) atoms. The molecule has 0 spiro atoms. The van der Waals surface area contributed by atoms with Gasteiger partial charge in [-0.3, -0.25) is 0 Å². The molecule has 0 bridgehead atoms. The van der Waals surface area contributed by atoms with Gasteiger partial charge in [-0.05, 0) is 30.7 Å². The summed E-state index contributed by atoms with van der Waals surface area (Å²) in [6, 6.07) is 0. The van der Waals surface area contributed by atoms with E-state index < -0.39 is 0 Å². The monoisotopic (exact) mass is 293 g/mol. The van der Waals surface area contributed by atoms with Gasteiger partial charge in [0.25, 0.3) is 0 Å². The van der Waals surface area contributed by atoms with Crippen molar-refractivity contribution < 1.29 is 4.74 Å². The van der Waals surface area contributed by atoms with Crippen LogP contribution in [0.2, 0.25) is 0 Å². The molecule has 1 atom stereocenters. The van der Waals surface area contributed by atoms with Gasteiger partial charge >= 0.3 is 0 Å². The zero-order valence-corrected chi connectivity index (χ0v) is 14.1. The van der Waals surface area contributed by atoms with E-state index in [9.17, 15) is 0 Å². The van der Waals surface area contributed by atoms with Gasteiger partial charge in [-0.15, -0.1) is 5.10 Å². The Kier molecular flexibility index (Phi) is 8.28. The van der Waals surface area contributed by atoms with E-state index in [1.165, 1.54) is 24.8 Å². The van der Waals surface area contributed by atoms with E-state index in [0.29, 0.717) is 24.9 Å². The average Bonchev–Trinajstić information content (AvgIpc) is 2.53. The molecule has 1 aromatic rings. The predicted octanol–water partition coefficient (Wildman–Crippen LogP) is 3.66. The van der Waals surface area contributed by atoms with E-state index in [0.717, 1.165) is 30.5 Å². The molecule has 120 valence electrons. The molecule has 0 aromatic carbocycles. The summed E-state index contributed by atoms with van der Waals surface area (Å²) >= 11 is 0. The summed E-state index contributed by atoms with van der Waals surface area (Å²) in [7, 11) is 0. The normalized spacial score (nSPS) is 12.4. The summed E-state index contributed by atoms with van der Waals surface area (Å²) < 4.78 is 5.97. The minimum Gasteiger partial charge on any atom is -0.476 e. The van der Waals surface area contributed by atoms with E-state index >= 15 is 0 Å². The van der Waals surface area contributed by atoms with Crippen LogP contribution in [0.25, 0.3) is 0 Å². The molecular formula is C17H31N3O. The van der Waals surface area contributed by atoms with Gasteiger partial charge in [-0.2, -0.15) is 5.10 Å². The van der Waals surface area contributed by atoms with Gasteiger partial charge in [-0.25, -0.2) is 0 Å².